The Morgan fingerprint density at radius 2 is 2.25 bits per heavy atom. The highest BCUT2D eigenvalue weighted by Crippen LogP contribution is 2.32. The number of benzene rings is 1. The van der Waals surface area contributed by atoms with Crippen LogP contribution in [0.4, 0.5) is 4.79 Å². The number of phenolic OH excluding ortho intramolecular Hbond substituents is 1. The number of amides is 1. The number of hydrogen-bond donors (Lipinski definition) is 2. The van der Waals surface area contributed by atoms with E-state index in [0.29, 0.717) is 16.1 Å². The number of carbonyl (C=O) groups excluding carboxylic acids is 1. The SMILES string of the molecule is Cc1cc(Cl)cc([C@H]2COC(=O)N2)c1O.Cl. The second-order valence-corrected chi connectivity index (χ2v) is 3.89. The van der Waals surface area contributed by atoms with Crippen LogP contribution in [-0.4, -0.2) is 17.8 Å². The van der Waals surface area contributed by atoms with Crippen LogP contribution in [0.2, 0.25) is 5.02 Å². The standard InChI is InChI=1S/C10H10ClNO3.ClH/c1-5-2-6(11)3-7(9(5)13)8-4-15-10(14)12-8;/h2-3,8,13H,4H2,1H3,(H,12,14);1H/t8-;/m1./s1. The van der Waals surface area contributed by atoms with Crippen LogP contribution < -0.4 is 5.32 Å². The van der Waals surface area contributed by atoms with Crippen molar-refractivity contribution in [3.63, 3.8) is 0 Å². The molecule has 0 aliphatic carbocycles. The fraction of sp³-hybridized carbons (Fsp3) is 0.300. The molecule has 6 heteroatoms. The molecule has 16 heavy (non-hydrogen) atoms. The number of hydrogen-bond acceptors (Lipinski definition) is 3. The van der Waals surface area contributed by atoms with Crippen molar-refractivity contribution >= 4 is 30.1 Å². The van der Waals surface area contributed by atoms with Crippen LogP contribution in [0, 0.1) is 6.92 Å². The molecule has 0 bridgehead atoms. The van der Waals surface area contributed by atoms with Crippen molar-refractivity contribution < 1.29 is 14.6 Å². The number of halogens is 2. The van der Waals surface area contributed by atoms with Crippen molar-refractivity contribution in [3.8, 4) is 5.75 Å². The first-order valence-corrected chi connectivity index (χ1v) is 4.88. The number of rotatable bonds is 1. The molecule has 0 aromatic heterocycles. The van der Waals surface area contributed by atoms with Crippen molar-refractivity contribution in [2.24, 2.45) is 0 Å². The molecule has 2 rings (SSSR count). The molecule has 1 amide bonds. The third-order valence-electron chi connectivity index (χ3n) is 2.34. The molecule has 2 N–H and O–H groups in total. The van der Waals surface area contributed by atoms with Crippen LogP contribution in [0.5, 0.6) is 5.75 Å². The van der Waals surface area contributed by atoms with Crippen LogP contribution >= 0.6 is 24.0 Å². The van der Waals surface area contributed by atoms with Gasteiger partial charge in [-0.15, -0.1) is 12.4 Å². The van der Waals surface area contributed by atoms with E-state index in [0.717, 1.165) is 0 Å². The molecule has 1 aliphatic heterocycles. The summed E-state index contributed by atoms with van der Waals surface area (Å²) >= 11 is 5.87. The quantitative estimate of drug-likeness (QED) is 0.819. The van der Waals surface area contributed by atoms with Gasteiger partial charge >= 0.3 is 6.09 Å². The summed E-state index contributed by atoms with van der Waals surface area (Å²) in [5.74, 6) is 0.148. The topological polar surface area (TPSA) is 58.6 Å². The minimum atomic E-state index is -0.475. The number of carbonyl (C=O) groups is 1. The van der Waals surface area contributed by atoms with E-state index < -0.39 is 6.09 Å². The van der Waals surface area contributed by atoms with E-state index in [2.05, 4.69) is 5.32 Å². The van der Waals surface area contributed by atoms with Crippen LogP contribution in [0.1, 0.15) is 17.2 Å². The van der Waals surface area contributed by atoms with Gasteiger partial charge in [0.2, 0.25) is 0 Å². The van der Waals surface area contributed by atoms with Gasteiger partial charge in [0.15, 0.2) is 0 Å². The van der Waals surface area contributed by atoms with Gasteiger partial charge in [-0.2, -0.15) is 0 Å². The maximum absolute atomic E-state index is 10.9. The number of nitrogens with one attached hydrogen (secondary N) is 1. The second kappa shape index (κ2) is 4.80. The lowest BCUT2D eigenvalue weighted by molar-refractivity contribution is 0.177. The molecule has 0 spiro atoms. The van der Waals surface area contributed by atoms with Gasteiger partial charge in [0, 0.05) is 10.6 Å². The third-order valence-corrected chi connectivity index (χ3v) is 2.56. The molecule has 88 valence electrons. The number of cyclic esters (lactones) is 1. The molecule has 0 unspecified atom stereocenters. The van der Waals surface area contributed by atoms with E-state index in [4.69, 9.17) is 16.3 Å². The van der Waals surface area contributed by atoms with Crippen LogP contribution in [0.15, 0.2) is 12.1 Å². The number of aryl methyl sites for hydroxylation is 1. The smallest absolute Gasteiger partial charge is 0.407 e. The summed E-state index contributed by atoms with van der Waals surface area (Å²) < 4.78 is 4.75. The Labute approximate surface area is 104 Å². The fourth-order valence-corrected chi connectivity index (χ4v) is 1.86. The van der Waals surface area contributed by atoms with Gasteiger partial charge in [-0.1, -0.05) is 11.6 Å². The number of phenols is 1. The van der Waals surface area contributed by atoms with Crippen molar-refractivity contribution in [1.82, 2.24) is 5.32 Å². The molecule has 1 saturated heterocycles. The largest absolute Gasteiger partial charge is 0.507 e. The minimum Gasteiger partial charge on any atom is -0.507 e. The minimum absolute atomic E-state index is 0. The summed E-state index contributed by atoms with van der Waals surface area (Å²) in [6.45, 7) is 1.97. The first kappa shape index (κ1) is 12.9. The molecule has 1 aromatic carbocycles. The normalized spacial score (nSPS) is 18.6. The van der Waals surface area contributed by atoms with Crippen molar-refractivity contribution in [3.05, 3.63) is 28.3 Å². The highest BCUT2D eigenvalue weighted by Gasteiger charge is 2.26. The summed E-state index contributed by atoms with van der Waals surface area (Å²) in [7, 11) is 0. The van der Waals surface area contributed by atoms with Crippen LogP contribution in [0.3, 0.4) is 0 Å². The Hall–Kier alpha value is -1.13. The molecule has 1 aromatic rings. The van der Waals surface area contributed by atoms with E-state index in [1.54, 1.807) is 19.1 Å². The number of ether oxygens (including phenoxy) is 1. The van der Waals surface area contributed by atoms with Gasteiger partial charge in [-0.25, -0.2) is 4.79 Å². The fourth-order valence-electron chi connectivity index (χ4n) is 1.58. The van der Waals surface area contributed by atoms with E-state index >= 15 is 0 Å². The third kappa shape index (κ3) is 2.33. The van der Waals surface area contributed by atoms with Crippen LogP contribution in [0.25, 0.3) is 0 Å². The van der Waals surface area contributed by atoms with Crippen LogP contribution in [-0.2, 0) is 4.74 Å². The maximum Gasteiger partial charge on any atom is 0.407 e. The molecule has 1 atom stereocenters. The first-order valence-electron chi connectivity index (χ1n) is 4.50. The van der Waals surface area contributed by atoms with Crippen molar-refractivity contribution in [1.29, 1.82) is 0 Å². The lowest BCUT2D eigenvalue weighted by Gasteiger charge is -2.12. The van der Waals surface area contributed by atoms with Gasteiger partial charge in [0.05, 0.1) is 6.04 Å². The highest BCUT2D eigenvalue weighted by atomic mass is 35.5. The molecule has 4 nitrogen and oxygen atoms in total. The lowest BCUT2D eigenvalue weighted by Crippen LogP contribution is -2.18. The van der Waals surface area contributed by atoms with Gasteiger partial charge in [0.25, 0.3) is 0 Å². The van der Waals surface area contributed by atoms with Crippen molar-refractivity contribution in [2.75, 3.05) is 6.61 Å². The summed E-state index contributed by atoms with van der Waals surface area (Å²) in [4.78, 5) is 10.9. The zero-order valence-electron chi connectivity index (χ0n) is 8.49. The predicted molar refractivity (Wildman–Crippen MR) is 62.3 cm³/mol. The Kier molecular flexibility index (Phi) is 3.88. The van der Waals surface area contributed by atoms with Gasteiger partial charge in [-0.3, -0.25) is 0 Å². The predicted octanol–water partition coefficient (Wildman–Crippen LogP) is 2.56. The zero-order valence-corrected chi connectivity index (χ0v) is 10.1. The van der Waals surface area contributed by atoms with Crippen molar-refractivity contribution in [2.45, 2.75) is 13.0 Å². The Balaban J connectivity index is 0.00000128. The maximum atomic E-state index is 10.9. The highest BCUT2D eigenvalue weighted by molar-refractivity contribution is 6.30. The van der Waals surface area contributed by atoms with Gasteiger partial charge < -0.3 is 15.2 Å². The Morgan fingerprint density at radius 3 is 2.81 bits per heavy atom. The zero-order chi connectivity index (χ0) is 11.0. The van der Waals surface area contributed by atoms with E-state index in [-0.39, 0.29) is 30.8 Å². The Bertz CT molecular complexity index is 423. The molecule has 1 aliphatic rings. The molecule has 1 fully saturated rings. The summed E-state index contributed by atoms with van der Waals surface area (Å²) in [5, 5.41) is 12.9. The lowest BCUT2D eigenvalue weighted by atomic mass is 10.0. The average molecular weight is 264 g/mol. The monoisotopic (exact) mass is 263 g/mol. The summed E-state index contributed by atoms with van der Waals surface area (Å²) in [6, 6.07) is 2.97. The molecular weight excluding hydrogens is 253 g/mol. The van der Waals surface area contributed by atoms with E-state index in [1.807, 2.05) is 0 Å². The molecule has 0 saturated carbocycles. The first-order chi connectivity index (χ1) is 7.08. The van der Waals surface area contributed by atoms with E-state index in [1.165, 1.54) is 0 Å². The van der Waals surface area contributed by atoms with E-state index in [9.17, 15) is 9.90 Å². The molecule has 0 radical (unpaired) electrons. The summed E-state index contributed by atoms with van der Waals surface area (Å²) in [6.07, 6.45) is -0.475. The summed E-state index contributed by atoms with van der Waals surface area (Å²) in [5.41, 5.74) is 1.27. The number of alkyl carbamates (subject to hydrolysis) is 1. The average Bonchev–Trinajstić information content (AvgIpc) is 2.58. The number of aromatic hydroxyl groups is 1. The van der Waals surface area contributed by atoms with Gasteiger partial charge in [-0.05, 0) is 24.6 Å². The Morgan fingerprint density at radius 1 is 1.56 bits per heavy atom. The molecule has 1 heterocycles. The van der Waals surface area contributed by atoms with Gasteiger partial charge in [0.1, 0.15) is 12.4 Å². The second-order valence-electron chi connectivity index (χ2n) is 3.46. The molecular formula is C10H11Cl2NO3.